The number of piperidine rings is 1. The van der Waals surface area contributed by atoms with Crippen molar-refractivity contribution >= 4 is 5.91 Å². The van der Waals surface area contributed by atoms with Crippen LogP contribution in [0.1, 0.15) is 29.5 Å². The van der Waals surface area contributed by atoms with Gasteiger partial charge in [-0.25, -0.2) is 0 Å². The maximum atomic E-state index is 14.0. The summed E-state index contributed by atoms with van der Waals surface area (Å²) in [4.78, 5) is 21.0. The zero-order valence-electron chi connectivity index (χ0n) is 21.7. The SMILES string of the molecule is CN(C)C1(c2ccccc2)CCN(C(=O)[C@@H]2CN(Cc3ccccc3)C[C@H]2Cc2ccccc2)CC1. The van der Waals surface area contributed by atoms with E-state index in [4.69, 9.17) is 0 Å². The number of likely N-dealkylation sites (tertiary alicyclic amines) is 2. The summed E-state index contributed by atoms with van der Waals surface area (Å²) >= 11 is 0. The van der Waals surface area contributed by atoms with Crippen molar-refractivity contribution in [3.05, 3.63) is 108 Å². The maximum Gasteiger partial charge on any atom is 0.227 e. The molecule has 0 aliphatic carbocycles. The van der Waals surface area contributed by atoms with Gasteiger partial charge in [-0.15, -0.1) is 0 Å². The lowest BCUT2D eigenvalue weighted by atomic mass is 9.79. The van der Waals surface area contributed by atoms with Gasteiger partial charge in [0.25, 0.3) is 0 Å². The predicted octanol–water partition coefficient (Wildman–Crippen LogP) is 5.06. The van der Waals surface area contributed by atoms with Gasteiger partial charge in [0.05, 0.1) is 5.92 Å². The Bertz CT molecular complexity index is 1110. The molecule has 0 aromatic heterocycles. The van der Waals surface area contributed by atoms with Crippen LogP contribution in [0.2, 0.25) is 0 Å². The third kappa shape index (κ3) is 5.25. The number of benzene rings is 3. The predicted molar refractivity (Wildman–Crippen MR) is 146 cm³/mol. The first kappa shape index (κ1) is 24.7. The largest absolute Gasteiger partial charge is 0.342 e. The summed E-state index contributed by atoms with van der Waals surface area (Å²) in [6.07, 6.45) is 2.90. The summed E-state index contributed by atoms with van der Waals surface area (Å²) in [5.74, 6) is 0.752. The Morgan fingerprint density at radius 2 is 1.36 bits per heavy atom. The molecule has 0 spiro atoms. The number of nitrogens with zero attached hydrogens (tertiary/aromatic N) is 3. The lowest BCUT2D eigenvalue weighted by molar-refractivity contribution is -0.139. The summed E-state index contributed by atoms with van der Waals surface area (Å²) in [6, 6.07) is 32.2. The molecule has 2 aliphatic heterocycles. The minimum Gasteiger partial charge on any atom is -0.342 e. The minimum atomic E-state index is -0.00347. The molecule has 4 nitrogen and oxygen atoms in total. The summed E-state index contributed by atoms with van der Waals surface area (Å²) < 4.78 is 0. The molecule has 2 aliphatic rings. The molecule has 2 atom stereocenters. The van der Waals surface area contributed by atoms with Crippen LogP contribution in [-0.4, -0.2) is 60.9 Å². The average Bonchev–Trinajstić information content (AvgIpc) is 3.31. The molecule has 36 heavy (non-hydrogen) atoms. The Hall–Kier alpha value is -2.95. The molecule has 0 bridgehead atoms. The fourth-order valence-corrected chi connectivity index (χ4v) is 6.41. The van der Waals surface area contributed by atoms with Crippen LogP contribution in [0.3, 0.4) is 0 Å². The van der Waals surface area contributed by atoms with Gasteiger partial charge in [0.15, 0.2) is 0 Å². The second-order valence-corrected chi connectivity index (χ2v) is 10.9. The molecule has 3 aromatic carbocycles. The van der Waals surface area contributed by atoms with Crippen LogP contribution in [-0.2, 0) is 23.3 Å². The van der Waals surface area contributed by atoms with E-state index in [1.807, 2.05) is 0 Å². The Kier molecular flexibility index (Phi) is 7.54. The van der Waals surface area contributed by atoms with E-state index in [1.165, 1.54) is 16.7 Å². The van der Waals surface area contributed by atoms with Crippen LogP contribution in [0.15, 0.2) is 91.0 Å². The lowest BCUT2D eigenvalue weighted by Crippen LogP contribution is -2.53. The number of carbonyl (C=O) groups is 1. The fourth-order valence-electron chi connectivity index (χ4n) is 6.41. The summed E-state index contributed by atoms with van der Waals surface area (Å²) in [5.41, 5.74) is 4.01. The molecule has 0 N–H and O–H groups in total. The minimum absolute atomic E-state index is 0.00347. The highest BCUT2D eigenvalue weighted by Gasteiger charge is 2.43. The first-order chi connectivity index (χ1) is 17.5. The normalized spacial score (nSPS) is 22.1. The average molecular weight is 482 g/mol. The quantitative estimate of drug-likeness (QED) is 0.472. The zero-order chi connectivity index (χ0) is 25.0. The smallest absolute Gasteiger partial charge is 0.227 e. The van der Waals surface area contributed by atoms with Crippen molar-refractivity contribution in [1.29, 1.82) is 0 Å². The van der Waals surface area contributed by atoms with Gasteiger partial charge >= 0.3 is 0 Å². The molecule has 4 heteroatoms. The van der Waals surface area contributed by atoms with E-state index in [2.05, 4.69) is 120 Å². The molecule has 5 rings (SSSR count). The van der Waals surface area contributed by atoms with Gasteiger partial charge in [0, 0.05) is 38.3 Å². The van der Waals surface area contributed by atoms with Crippen molar-refractivity contribution in [3.63, 3.8) is 0 Å². The van der Waals surface area contributed by atoms with E-state index >= 15 is 0 Å². The number of amides is 1. The van der Waals surface area contributed by atoms with E-state index in [9.17, 15) is 4.79 Å². The Balaban J connectivity index is 1.31. The Morgan fingerprint density at radius 1 is 0.806 bits per heavy atom. The first-order valence-corrected chi connectivity index (χ1v) is 13.4. The third-order valence-electron chi connectivity index (χ3n) is 8.49. The zero-order valence-corrected chi connectivity index (χ0v) is 21.7. The number of rotatable bonds is 7. The fraction of sp³-hybridized carbons (Fsp3) is 0.406. The molecule has 0 saturated carbocycles. The number of hydrogen-bond acceptors (Lipinski definition) is 3. The van der Waals surface area contributed by atoms with E-state index in [0.29, 0.717) is 11.8 Å². The monoisotopic (exact) mass is 481 g/mol. The van der Waals surface area contributed by atoms with Gasteiger partial charge in [-0.2, -0.15) is 0 Å². The van der Waals surface area contributed by atoms with Crippen molar-refractivity contribution in [2.24, 2.45) is 11.8 Å². The Morgan fingerprint density at radius 3 is 1.94 bits per heavy atom. The third-order valence-corrected chi connectivity index (χ3v) is 8.49. The van der Waals surface area contributed by atoms with Crippen LogP contribution < -0.4 is 0 Å². The number of carbonyl (C=O) groups excluding carboxylic acids is 1. The molecule has 188 valence electrons. The molecule has 0 radical (unpaired) electrons. The van der Waals surface area contributed by atoms with Gasteiger partial charge < -0.3 is 4.90 Å². The van der Waals surface area contributed by atoms with Crippen LogP contribution in [0.4, 0.5) is 0 Å². The van der Waals surface area contributed by atoms with Gasteiger partial charge in [-0.3, -0.25) is 14.6 Å². The molecule has 2 heterocycles. The maximum absolute atomic E-state index is 14.0. The molecule has 1 amide bonds. The Labute approximate surface area is 216 Å². The topological polar surface area (TPSA) is 26.8 Å². The standard InChI is InChI=1S/C32H39N3O/c1-33(2)32(29-16-10-5-11-17-29)18-20-35(21-19-32)31(36)30-25-34(23-27-14-8-4-9-15-27)24-28(30)22-26-12-6-3-7-13-26/h3-17,28,30H,18-25H2,1-2H3/t28-,30-/m1/s1. The molecular weight excluding hydrogens is 442 g/mol. The highest BCUT2D eigenvalue weighted by atomic mass is 16.2. The van der Waals surface area contributed by atoms with Crippen LogP contribution in [0.25, 0.3) is 0 Å². The van der Waals surface area contributed by atoms with E-state index < -0.39 is 0 Å². The van der Waals surface area contributed by atoms with E-state index in [-0.39, 0.29) is 11.5 Å². The van der Waals surface area contributed by atoms with E-state index in [1.54, 1.807) is 0 Å². The van der Waals surface area contributed by atoms with Crippen molar-refractivity contribution in [3.8, 4) is 0 Å². The second kappa shape index (κ2) is 11.0. The molecule has 3 aromatic rings. The van der Waals surface area contributed by atoms with Crippen molar-refractivity contribution in [2.75, 3.05) is 40.3 Å². The summed E-state index contributed by atoms with van der Waals surface area (Å²) in [7, 11) is 4.36. The summed E-state index contributed by atoms with van der Waals surface area (Å²) in [5, 5.41) is 0. The molecule has 2 fully saturated rings. The summed E-state index contributed by atoms with van der Waals surface area (Å²) in [6.45, 7) is 4.37. The lowest BCUT2D eigenvalue weighted by Gasteiger charge is -2.47. The van der Waals surface area contributed by atoms with E-state index in [0.717, 1.165) is 52.0 Å². The molecule has 0 unspecified atom stereocenters. The highest BCUT2D eigenvalue weighted by Crippen LogP contribution is 2.38. The van der Waals surface area contributed by atoms with Crippen molar-refractivity contribution in [2.45, 2.75) is 31.3 Å². The van der Waals surface area contributed by atoms with Crippen LogP contribution >= 0.6 is 0 Å². The van der Waals surface area contributed by atoms with Crippen molar-refractivity contribution < 1.29 is 4.79 Å². The molecule has 2 saturated heterocycles. The van der Waals surface area contributed by atoms with Crippen molar-refractivity contribution in [1.82, 2.24) is 14.7 Å². The van der Waals surface area contributed by atoms with Gasteiger partial charge in [-0.05, 0) is 56.0 Å². The first-order valence-electron chi connectivity index (χ1n) is 13.4. The van der Waals surface area contributed by atoms with Crippen LogP contribution in [0, 0.1) is 11.8 Å². The molecular formula is C32H39N3O. The van der Waals surface area contributed by atoms with Gasteiger partial charge in [-0.1, -0.05) is 91.0 Å². The number of hydrogen-bond donors (Lipinski definition) is 0. The highest BCUT2D eigenvalue weighted by molar-refractivity contribution is 5.80. The second-order valence-electron chi connectivity index (χ2n) is 10.9. The van der Waals surface area contributed by atoms with Crippen LogP contribution in [0.5, 0.6) is 0 Å². The van der Waals surface area contributed by atoms with Gasteiger partial charge in [0.2, 0.25) is 5.91 Å². The van der Waals surface area contributed by atoms with Gasteiger partial charge in [0.1, 0.15) is 0 Å².